The van der Waals surface area contributed by atoms with E-state index >= 15 is 0 Å². The summed E-state index contributed by atoms with van der Waals surface area (Å²) in [5, 5.41) is 22.3. The molecule has 5 atom stereocenters. The topological polar surface area (TPSA) is 129 Å². The maximum atomic E-state index is 13.5. The van der Waals surface area contributed by atoms with Crippen LogP contribution in [0.15, 0.2) is 36.4 Å². The Hall–Kier alpha value is -2.41. The molecule has 2 aliphatic heterocycles. The second kappa shape index (κ2) is 16.7. The summed E-state index contributed by atoms with van der Waals surface area (Å²) in [6, 6.07) is 11.0. The van der Waals surface area contributed by atoms with Crippen molar-refractivity contribution in [2.75, 3.05) is 57.9 Å². The summed E-state index contributed by atoms with van der Waals surface area (Å²) in [7, 11) is -2.33. The van der Waals surface area contributed by atoms with Gasteiger partial charge in [0.05, 0.1) is 29.8 Å². The van der Waals surface area contributed by atoms with Gasteiger partial charge in [0.25, 0.3) is 5.91 Å². The first-order valence-electron chi connectivity index (χ1n) is 17.8. The number of rotatable bonds is 7. The van der Waals surface area contributed by atoms with Crippen LogP contribution in [0.4, 0.5) is 5.69 Å². The highest BCUT2D eigenvalue weighted by Crippen LogP contribution is 2.46. The fraction of sp³-hybridized carbons (Fsp3) is 0.649. The van der Waals surface area contributed by atoms with Crippen molar-refractivity contribution in [3.8, 4) is 5.75 Å². The number of fused-ring (bicyclic) bond motifs is 3. The second-order valence-electron chi connectivity index (χ2n) is 14.4. The third-order valence-electron chi connectivity index (χ3n) is 11.1. The van der Waals surface area contributed by atoms with Crippen LogP contribution in [0.5, 0.6) is 5.75 Å². The Bertz CT molecular complexity index is 1540. The van der Waals surface area contributed by atoms with Crippen molar-refractivity contribution in [1.29, 1.82) is 0 Å². The number of hydrogen-bond donors (Lipinski definition) is 3. The van der Waals surface area contributed by atoms with Gasteiger partial charge >= 0.3 is 0 Å². The van der Waals surface area contributed by atoms with Gasteiger partial charge in [-0.15, -0.1) is 0 Å². The molecule has 2 aromatic carbocycles. The maximum absolute atomic E-state index is 13.5. The Kier molecular flexibility index (Phi) is 12.9. The molecule has 3 aliphatic rings. The van der Waals surface area contributed by atoms with E-state index in [-0.39, 0.29) is 29.9 Å². The van der Waals surface area contributed by atoms with Crippen LogP contribution in [0.3, 0.4) is 0 Å². The van der Waals surface area contributed by atoms with Gasteiger partial charge in [-0.2, -0.15) is 0 Å². The highest BCUT2D eigenvalue weighted by Gasteiger charge is 2.47. The van der Waals surface area contributed by atoms with Gasteiger partial charge in [0.15, 0.2) is 0 Å². The number of aliphatic hydroxyl groups excluding tert-OH is 1. The second-order valence-corrected chi connectivity index (χ2v) is 16.9. The molecule has 0 radical (unpaired) electrons. The van der Waals surface area contributed by atoms with E-state index in [0.717, 1.165) is 48.9 Å². The first-order chi connectivity index (χ1) is 23.4. The molecular weight excluding hydrogens is 666 g/mol. The summed E-state index contributed by atoms with van der Waals surface area (Å²) < 4.78 is 41.1. The third-order valence-corrected chi connectivity index (χ3v) is 13.3. The van der Waals surface area contributed by atoms with E-state index in [1.54, 1.807) is 32.2 Å². The lowest BCUT2D eigenvalue weighted by Gasteiger charge is -2.51. The van der Waals surface area contributed by atoms with Crippen molar-refractivity contribution < 1.29 is 32.9 Å². The molecule has 2 heterocycles. The lowest BCUT2D eigenvalue weighted by atomic mass is 9.62. The lowest BCUT2D eigenvalue weighted by Crippen LogP contribution is -2.56. The number of carbonyl (C=O) groups excluding carboxylic acids is 1. The van der Waals surface area contributed by atoms with Gasteiger partial charge in [0.1, 0.15) is 12.4 Å². The normalized spacial score (nSPS) is 27.9. The summed E-state index contributed by atoms with van der Waals surface area (Å²) >= 11 is 6.36. The minimum atomic E-state index is -3.98. The maximum Gasteiger partial charge on any atom is 0.264 e. The Morgan fingerprint density at radius 3 is 2.63 bits per heavy atom. The number of methoxy groups -OCH3 is 1. The molecule has 12 heteroatoms. The van der Waals surface area contributed by atoms with Crippen molar-refractivity contribution in [3.05, 3.63) is 58.1 Å². The zero-order chi connectivity index (χ0) is 35.2. The summed E-state index contributed by atoms with van der Waals surface area (Å²) in [4.78, 5) is 17.9. The fourth-order valence-electron chi connectivity index (χ4n) is 7.81. The van der Waals surface area contributed by atoms with Crippen LogP contribution in [-0.2, 0) is 27.8 Å². The van der Waals surface area contributed by atoms with Crippen molar-refractivity contribution in [2.45, 2.75) is 82.7 Å². The average Bonchev–Trinajstić information content (AvgIpc) is 3.07. The first kappa shape index (κ1) is 37.8. The molecule has 0 spiro atoms. The Labute approximate surface area is 297 Å². The van der Waals surface area contributed by atoms with Crippen LogP contribution < -0.4 is 14.4 Å². The van der Waals surface area contributed by atoms with Crippen LogP contribution in [0.2, 0.25) is 5.02 Å². The fourth-order valence-corrected chi connectivity index (χ4v) is 9.31. The minimum absolute atomic E-state index is 0.0148. The Morgan fingerprint density at radius 1 is 1.08 bits per heavy atom. The molecule has 5 rings (SSSR count). The molecule has 49 heavy (non-hydrogen) atoms. The SMILES string of the molecule is COCCN(CCO)C[C@]1(O)CCC[C@H](C)[C@@H](C)S(=O)(=O)NC(=O)c2ccc3c(c2)N(CCCCc2cc(Cl)ccc2CO3)C[C@@H]2CC[C@H]21. The number of amides is 1. The number of benzene rings is 2. The number of aryl methyl sites for hydroxylation is 1. The van der Waals surface area contributed by atoms with Gasteiger partial charge in [-0.1, -0.05) is 31.0 Å². The van der Waals surface area contributed by atoms with Crippen LogP contribution in [0.1, 0.15) is 80.3 Å². The average molecular weight is 720 g/mol. The van der Waals surface area contributed by atoms with E-state index in [9.17, 15) is 23.4 Å². The van der Waals surface area contributed by atoms with Crippen LogP contribution in [-0.4, -0.2) is 93.3 Å². The minimum Gasteiger partial charge on any atom is -0.487 e. The largest absolute Gasteiger partial charge is 0.487 e. The highest BCUT2D eigenvalue weighted by atomic mass is 35.5. The van der Waals surface area contributed by atoms with Crippen molar-refractivity contribution in [2.24, 2.45) is 17.8 Å². The number of hydrogen-bond acceptors (Lipinski definition) is 9. The van der Waals surface area contributed by atoms with Gasteiger partial charge in [-0.05, 0) is 111 Å². The van der Waals surface area contributed by atoms with E-state index in [4.69, 9.17) is 21.1 Å². The number of nitrogens with zero attached hydrogens (tertiary/aromatic N) is 2. The van der Waals surface area contributed by atoms with Crippen LogP contribution >= 0.6 is 11.6 Å². The number of halogens is 1. The van der Waals surface area contributed by atoms with E-state index in [2.05, 4.69) is 14.5 Å². The number of sulfonamides is 1. The number of anilines is 1. The monoisotopic (exact) mass is 719 g/mol. The van der Waals surface area contributed by atoms with E-state index in [1.165, 1.54) is 0 Å². The molecule has 10 nitrogen and oxygen atoms in total. The highest BCUT2D eigenvalue weighted by molar-refractivity contribution is 7.90. The molecule has 1 saturated carbocycles. The summed E-state index contributed by atoms with van der Waals surface area (Å²) in [6.07, 6.45) is 6.26. The summed E-state index contributed by atoms with van der Waals surface area (Å²) in [5.41, 5.74) is 2.17. The Balaban J connectivity index is 1.54. The zero-order valence-corrected chi connectivity index (χ0v) is 30.8. The molecule has 1 amide bonds. The summed E-state index contributed by atoms with van der Waals surface area (Å²) in [6.45, 7) is 7.13. The predicted octanol–water partition coefficient (Wildman–Crippen LogP) is 5.03. The van der Waals surface area contributed by atoms with Gasteiger partial charge in [0, 0.05) is 50.4 Å². The molecule has 1 fully saturated rings. The van der Waals surface area contributed by atoms with E-state index in [0.29, 0.717) is 76.0 Å². The predicted molar refractivity (Wildman–Crippen MR) is 193 cm³/mol. The Morgan fingerprint density at radius 2 is 1.90 bits per heavy atom. The molecule has 2 bridgehead atoms. The molecule has 3 N–H and O–H groups in total. The number of aliphatic hydroxyl groups is 2. The van der Waals surface area contributed by atoms with Crippen molar-refractivity contribution >= 4 is 33.2 Å². The quantitative estimate of drug-likeness (QED) is 0.361. The zero-order valence-electron chi connectivity index (χ0n) is 29.2. The molecule has 1 aliphatic carbocycles. The molecule has 272 valence electrons. The molecule has 2 aromatic rings. The van der Waals surface area contributed by atoms with Crippen molar-refractivity contribution in [3.63, 3.8) is 0 Å². The van der Waals surface area contributed by atoms with Crippen molar-refractivity contribution in [1.82, 2.24) is 9.62 Å². The van der Waals surface area contributed by atoms with E-state index < -0.39 is 26.8 Å². The van der Waals surface area contributed by atoms with Gasteiger partial charge < -0.3 is 24.6 Å². The van der Waals surface area contributed by atoms with Gasteiger partial charge in [0.2, 0.25) is 10.0 Å². The lowest BCUT2D eigenvalue weighted by molar-refractivity contribution is -0.108. The van der Waals surface area contributed by atoms with Crippen LogP contribution in [0.25, 0.3) is 0 Å². The first-order valence-corrected chi connectivity index (χ1v) is 19.8. The molecule has 0 unspecified atom stereocenters. The number of carbonyl (C=O) groups is 1. The smallest absolute Gasteiger partial charge is 0.264 e. The molecule has 0 aromatic heterocycles. The number of nitrogens with one attached hydrogen (secondary N) is 1. The molecular formula is C37H54ClN3O7S. The third kappa shape index (κ3) is 9.28. The molecule has 0 saturated heterocycles. The summed E-state index contributed by atoms with van der Waals surface area (Å²) in [5.74, 6) is -0.0689. The van der Waals surface area contributed by atoms with E-state index in [1.807, 2.05) is 25.1 Å². The number of ether oxygens (including phenoxy) is 2. The van der Waals surface area contributed by atoms with Crippen LogP contribution in [0, 0.1) is 17.8 Å². The van der Waals surface area contributed by atoms with Gasteiger partial charge in [-0.25, -0.2) is 13.1 Å². The standard InChI is InChI=1S/C37H54ClN3O7S/c1-26-7-6-15-37(44,25-40(17-19-42)18-20-47-3)33-13-10-30(33)23-41-16-5-4-8-28-21-32(38)12-9-31(28)24-48-35-14-11-29(22-34(35)41)36(43)39-49(45,46)27(26)2/h9,11-12,14,21-22,26-27,30,33,42,44H,4-8,10,13,15-20,23-25H2,1-3H3,(H,39,43)/t26-,27+,30-,33+,37+/m0/s1. The van der Waals surface area contributed by atoms with Gasteiger partial charge in [-0.3, -0.25) is 9.69 Å².